The minimum absolute atomic E-state index is 0.718. The van der Waals surface area contributed by atoms with E-state index >= 15 is 0 Å². The number of aromatic nitrogens is 6. The summed E-state index contributed by atoms with van der Waals surface area (Å²) in [7, 11) is 0. The maximum absolute atomic E-state index is 4.78. The summed E-state index contributed by atoms with van der Waals surface area (Å²) in [6.45, 7) is 0. The van der Waals surface area contributed by atoms with E-state index in [0.717, 1.165) is 56.7 Å². The SMILES string of the molecule is C(C#Cc1cc(-c2ccccn2)nc(-c2ccccn2)c1)#Cc1cc(-c2ccccn2)nc(-c2ccccn2)c1. The predicted molar refractivity (Wildman–Crippen MR) is 155 cm³/mol. The summed E-state index contributed by atoms with van der Waals surface area (Å²) < 4.78 is 0. The first-order chi connectivity index (χ1) is 19.8. The lowest BCUT2D eigenvalue weighted by Crippen LogP contribution is -1.94. The second-order valence-corrected chi connectivity index (χ2v) is 8.61. The molecule has 6 rings (SSSR count). The van der Waals surface area contributed by atoms with Crippen LogP contribution in [0, 0.1) is 23.7 Å². The maximum Gasteiger partial charge on any atom is 0.0906 e. The molecule has 0 radical (unpaired) electrons. The van der Waals surface area contributed by atoms with Crippen molar-refractivity contribution in [2.75, 3.05) is 0 Å². The van der Waals surface area contributed by atoms with Crippen LogP contribution in [0.5, 0.6) is 0 Å². The van der Waals surface area contributed by atoms with E-state index in [1.807, 2.05) is 97.1 Å². The molecule has 0 fully saturated rings. The molecule has 0 atom stereocenters. The van der Waals surface area contributed by atoms with Crippen LogP contribution in [0.25, 0.3) is 45.6 Å². The molecule has 6 aromatic heterocycles. The first-order valence-corrected chi connectivity index (χ1v) is 12.5. The summed E-state index contributed by atoms with van der Waals surface area (Å²) in [5.74, 6) is 12.3. The molecule has 0 N–H and O–H groups in total. The fourth-order valence-electron chi connectivity index (χ4n) is 3.99. The van der Waals surface area contributed by atoms with Gasteiger partial charge in [-0.1, -0.05) is 36.1 Å². The minimum Gasteiger partial charge on any atom is -0.255 e. The van der Waals surface area contributed by atoms with Crippen LogP contribution >= 0.6 is 0 Å². The molecule has 0 bridgehead atoms. The van der Waals surface area contributed by atoms with Crippen molar-refractivity contribution in [2.24, 2.45) is 0 Å². The Morgan fingerprint density at radius 2 is 0.650 bits per heavy atom. The maximum atomic E-state index is 4.78. The molecule has 0 unspecified atom stereocenters. The van der Waals surface area contributed by atoms with Crippen LogP contribution in [-0.4, -0.2) is 29.9 Å². The van der Waals surface area contributed by atoms with E-state index < -0.39 is 0 Å². The van der Waals surface area contributed by atoms with Gasteiger partial charge in [0.15, 0.2) is 0 Å². The van der Waals surface area contributed by atoms with Gasteiger partial charge < -0.3 is 0 Å². The predicted octanol–water partition coefficient (Wildman–Crippen LogP) is 6.13. The summed E-state index contributed by atoms with van der Waals surface area (Å²) in [6, 6.07) is 30.6. The standard InChI is InChI=1S/C34H20N6/c1(11-25-21-31(27-13-3-7-17-35-27)39-32(22-25)28-14-4-8-18-36-28)2-12-26-23-33(29-15-5-9-19-37-29)40-34(24-26)30-16-6-10-20-38-30/h3-10,13-24H. The van der Waals surface area contributed by atoms with E-state index in [4.69, 9.17) is 9.97 Å². The van der Waals surface area contributed by atoms with E-state index in [2.05, 4.69) is 43.6 Å². The third kappa shape index (κ3) is 5.78. The lowest BCUT2D eigenvalue weighted by molar-refractivity contribution is 1.21. The van der Waals surface area contributed by atoms with E-state index in [0.29, 0.717) is 0 Å². The molecule has 0 spiro atoms. The average Bonchev–Trinajstić information content (AvgIpc) is 3.04. The van der Waals surface area contributed by atoms with Gasteiger partial charge in [-0.15, -0.1) is 0 Å². The van der Waals surface area contributed by atoms with Gasteiger partial charge in [0.05, 0.1) is 45.6 Å². The number of hydrogen-bond acceptors (Lipinski definition) is 6. The first kappa shape index (κ1) is 24.4. The molecule has 6 heteroatoms. The lowest BCUT2D eigenvalue weighted by Gasteiger charge is -2.05. The molecule has 0 aliphatic rings. The Kier molecular flexibility index (Phi) is 7.07. The van der Waals surface area contributed by atoms with Crippen molar-refractivity contribution in [3.63, 3.8) is 0 Å². The van der Waals surface area contributed by atoms with Gasteiger partial charge in [0, 0.05) is 35.9 Å². The van der Waals surface area contributed by atoms with E-state index in [9.17, 15) is 0 Å². The topological polar surface area (TPSA) is 77.3 Å². The van der Waals surface area contributed by atoms with Gasteiger partial charge >= 0.3 is 0 Å². The number of pyridine rings is 6. The Hall–Kier alpha value is -5.98. The molecule has 186 valence electrons. The molecule has 0 aromatic carbocycles. The summed E-state index contributed by atoms with van der Waals surface area (Å²) in [5.41, 5.74) is 7.44. The van der Waals surface area contributed by atoms with Crippen molar-refractivity contribution in [1.29, 1.82) is 0 Å². The number of hydrogen-bond donors (Lipinski definition) is 0. The summed E-state index contributed by atoms with van der Waals surface area (Å²) >= 11 is 0. The third-order valence-corrected chi connectivity index (χ3v) is 5.84. The van der Waals surface area contributed by atoms with Crippen LogP contribution in [0.2, 0.25) is 0 Å². The van der Waals surface area contributed by atoms with Gasteiger partial charge in [0.25, 0.3) is 0 Å². The van der Waals surface area contributed by atoms with E-state index in [1.165, 1.54) is 0 Å². The van der Waals surface area contributed by atoms with Gasteiger partial charge in [0.1, 0.15) is 0 Å². The van der Waals surface area contributed by atoms with Crippen LogP contribution in [0.1, 0.15) is 11.1 Å². The number of nitrogens with zero attached hydrogens (tertiary/aromatic N) is 6. The minimum atomic E-state index is 0.718. The molecule has 6 nitrogen and oxygen atoms in total. The second-order valence-electron chi connectivity index (χ2n) is 8.61. The zero-order chi connectivity index (χ0) is 27.0. The highest BCUT2D eigenvalue weighted by atomic mass is 14.8. The summed E-state index contributed by atoms with van der Waals surface area (Å²) in [6.07, 6.45) is 6.98. The Balaban J connectivity index is 1.37. The third-order valence-electron chi connectivity index (χ3n) is 5.84. The van der Waals surface area contributed by atoms with Crippen molar-refractivity contribution in [3.8, 4) is 69.2 Å². The van der Waals surface area contributed by atoms with Gasteiger partial charge in [-0.2, -0.15) is 0 Å². The van der Waals surface area contributed by atoms with Gasteiger partial charge in [-0.05, 0) is 84.6 Å². The molecule has 6 aromatic rings. The van der Waals surface area contributed by atoms with Crippen molar-refractivity contribution in [1.82, 2.24) is 29.9 Å². The van der Waals surface area contributed by atoms with Crippen LogP contribution in [0.4, 0.5) is 0 Å². The van der Waals surface area contributed by atoms with Crippen molar-refractivity contribution in [3.05, 3.63) is 133 Å². The first-order valence-electron chi connectivity index (χ1n) is 12.5. The normalized spacial score (nSPS) is 10.1. The zero-order valence-electron chi connectivity index (χ0n) is 21.2. The highest BCUT2D eigenvalue weighted by Gasteiger charge is 2.09. The molecule has 0 aliphatic heterocycles. The van der Waals surface area contributed by atoms with Crippen LogP contribution in [0.15, 0.2) is 122 Å². The van der Waals surface area contributed by atoms with E-state index in [1.54, 1.807) is 24.8 Å². The fourth-order valence-corrected chi connectivity index (χ4v) is 3.99. The Bertz CT molecular complexity index is 1630. The smallest absolute Gasteiger partial charge is 0.0906 e. The zero-order valence-corrected chi connectivity index (χ0v) is 21.2. The Morgan fingerprint density at radius 1 is 0.350 bits per heavy atom. The average molecular weight is 513 g/mol. The number of rotatable bonds is 4. The van der Waals surface area contributed by atoms with Crippen molar-refractivity contribution in [2.45, 2.75) is 0 Å². The Labute approximate surface area is 231 Å². The van der Waals surface area contributed by atoms with Gasteiger partial charge in [-0.25, -0.2) is 9.97 Å². The van der Waals surface area contributed by atoms with Crippen LogP contribution < -0.4 is 0 Å². The molecule has 0 amide bonds. The molecule has 0 aliphatic carbocycles. The highest BCUT2D eigenvalue weighted by molar-refractivity contribution is 5.67. The van der Waals surface area contributed by atoms with E-state index in [-0.39, 0.29) is 0 Å². The molecular formula is C34H20N6. The molecule has 40 heavy (non-hydrogen) atoms. The fraction of sp³-hybridized carbons (Fsp3) is 0. The van der Waals surface area contributed by atoms with Crippen LogP contribution in [-0.2, 0) is 0 Å². The van der Waals surface area contributed by atoms with Gasteiger partial charge in [-0.3, -0.25) is 19.9 Å². The highest BCUT2D eigenvalue weighted by Crippen LogP contribution is 2.23. The lowest BCUT2D eigenvalue weighted by atomic mass is 10.1. The molecule has 0 saturated carbocycles. The molecule has 0 saturated heterocycles. The summed E-state index contributed by atoms with van der Waals surface area (Å²) in [5, 5.41) is 0. The Morgan fingerprint density at radius 3 is 0.900 bits per heavy atom. The largest absolute Gasteiger partial charge is 0.255 e. The molecule has 6 heterocycles. The monoisotopic (exact) mass is 512 g/mol. The van der Waals surface area contributed by atoms with Crippen molar-refractivity contribution < 1.29 is 0 Å². The van der Waals surface area contributed by atoms with Crippen molar-refractivity contribution >= 4 is 0 Å². The quantitative estimate of drug-likeness (QED) is 0.265. The molecular weight excluding hydrogens is 492 g/mol. The second kappa shape index (κ2) is 11.6. The summed E-state index contributed by atoms with van der Waals surface area (Å²) in [4.78, 5) is 27.4. The van der Waals surface area contributed by atoms with Gasteiger partial charge in [0.2, 0.25) is 0 Å². The van der Waals surface area contributed by atoms with Crippen LogP contribution in [0.3, 0.4) is 0 Å².